The standard InChI is InChI=1S/C16H22Cl2N2O/c1-10(2)11-4-3-6-20(7-5-11)16(21)12-8-13(17)15(18)14(19)9-12/h8-11H,3-7,19H2,1-2H3. The number of carbonyl (C=O) groups excluding carboxylic acids is 1. The molecule has 1 aromatic carbocycles. The highest BCUT2D eigenvalue weighted by Gasteiger charge is 2.23. The number of hydrogen-bond donors (Lipinski definition) is 1. The Morgan fingerprint density at radius 1 is 1.29 bits per heavy atom. The zero-order valence-electron chi connectivity index (χ0n) is 12.5. The molecule has 0 saturated carbocycles. The molecule has 1 unspecified atom stereocenters. The van der Waals surface area contributed by atoms with Crippen LogP contribution in [0.4, 0.5) is 5.69 Å². The van der Waals surface area contributed by atoms with Gasteiger partial charge in [-0.05, 0) is 43.2 Å². The Balaban J connectivity index is 2.13. The van der Waals surface area contributed by atoms with Gasteiger partial charge in [0, 0.05) is 18.7 Å². The van der Waals surface area contributed by atoms with Crippen LogP contribution < -0.4 is 5.73 Å². The highest BCUT2D eigenvalue weighted by atomic mass is 35.5. The molecule has 2 rings (SSSR count). The first kappa shape index (κ1) is 16.4. The minimum Gasteiger partial charge on any atom is -0.397 e. The lowest BCUT2D eigenvalue weighted by Crippen LogP contribution is -2.32. The molecule has 0 radical (unpaired) electrons. The monoisotopic (exact) mass is 328 g/mol. The SMILES string of the molecule is CC(C)C1CCCN(C(=O)c2cc(N)c(Cl)c(Cl)c2)CC1. The molecule has 1 amide bonds. The van der Waals surface area contributed by atoms with Crippen molar-refractivity contribution in [1.82, 2.24) is 4.90 Å². The van der Waals surface area contributed by atoms with Crippen molar-refractivity contribution in [3.05, 3.63) is 27.7 Å². The van der Waals surface area contributed by atoms with Crippen LogP contribution in [0.3, 0.4) is 0 Å². The number of amides is 1. The number of nitrogens with two attached hydrogens (primary N) is 1. The van der Waals surface area contributed by atoms with Gasteiger partial charge < -0.3 is 10.6 Å². The van der Waals surface area contributed by atoms with E-state index in [4.69, 9.17) is 28.9 Å². The number of nitrogen functional groups attached to an aromatic ring is 1. The molecule has 0 aliphatic carbocycles. The van der Waals surface area contributed by atoms with E-state index in [1.807, 2.05) is 4.90 Å². The molecule has 1 aromatic rings. The zero-order valence-corrected chi connectivity index (χ0v) is 14.0. The van der Waals surface area contributed by atoms with E-state index in [2.05, 4.69) is 13.8 Å². The van der Waals surface area contributed by atoms with Crippen molar-refractivity contribution in [2.45, 2.75) is 33.1 Å². The van der Waals surface area contributed by atoms with Crippen LogP contribution in [0.5, 0.6) is 0 Å². The molecule has 1 aliphatic heterocycles. The van der Waals surface area contributed by atoms with Crippen LogP contribution in [0.2, 0.25) is 10.0 Å². The van der Waals surface area contributed by atoms with Crippen molar-refractivity contribution in [3.63, 3.8) is 0 Å². The third-order valence-corrected chi connectivity index (χ3v) is 5.12. The molecule has 0 spiro atoms. The molecule has 5 heteroatoms. The average Bonchev–Trinajstić information content (AvgIpc) is 2.69. The van der Waals surface area contributed by atoms with Crippen LogP contribution in [-0.4, -0.2) is 23.9 Å². The van der Waals surface area contributed by atoms with E-state index in [-0.39, 0.29) is 5.91 Å². The van der Waals surface area contributed by atoms with Crippen molar-refractivity contribution < 1.29 is 4.79 Å². The van der Waals surface area contributed by atoms with Crippen LogP contribution >= 0.6 is 23.2 Å². The third-order valence-electron chi connectivity index (χ3n) is 4.31. The lowest BCUT2D eigenvalue weighted by molar-refractivity contribution is 0.0759. The summed E-state index contributed by atoms with van der Waals surface area (Å²) in [7, 11) is 0. The number of hydrogen-bond acceptors (Lipinski definition) is 2. The summed E-state index contributed by atoms with van der Waals surface area (Å²) in [6, 6.07) is 3.22. The lowest BCUT2D eigenvalue weighted by Gasteiger charge is -2.22. The first-order chi connectivity index (χ1) is 9.90. The fraction of sp³-hybridized carbons (Fsp3) is 0.562. The number of nitrogens with zero attached hydrogens (tertiary/aromatic N) is 1. The fourth-order valence-corrected chi connectivity index (χ4v) is 3.24. The Hall–Kier alpha value is -0.930. The van der Waals surface area contributed by atoms with E-state index in [1.165, 1.54) is 6.42 Å². The molecule has 3 nitrogen and oxygen atoms in total. The van der Waals surface area contributed by atoms with Crippen molar-refractivity contribution in [1.29, 1.82) is 0 Å². The van der Waals surface area contributed by atoms with E-state index in [1.54, 1.807) is 12.1 Å². The molecule has 116 valence electrons. The Morgan fingerprint density at radius 3 is 2.62 bits per heavy atom. The Bertz CT molecular complexity index is 508. The lowest BCUT2D eigenvalue weighted by atomic mass is 9.89. The largest absolute Gasteiger partial charge is 0.397 e. The minimum atomic E-state index is -0.00956. The summed E-state index contributed by atoms with van der Waals surface area (Å²) in [4.78, 5) is 14.5. The normalized spacial score (nSPS) is 19.7. The molecule has 0 bridgehead atoms. The van der Waals surface area contributed by atoms with E-state index >= 15 is 0 Å². The first-order valence-electron chi connectivity index (χ1n) is 7.44. The molecule has 1 aliphatic rings. The van der Waals surface area contributed by atoms with E-state index in [0.29, 0.717) is 33.1 Å². The number of halogens is 2. The highest BCUT2D eigenvalue weighted by molar-refractivity contribution is 6.43. The van der Waals surface area contributed by atoms with E-state index in [0.717, 1.165) is 25.9 Å². The van der Waals surface area contributed by atoms with Gasteiger partial charge in [0.05, 0.1) is 15.7 Å². The van der Waals surface area contributed by atoms with Crippen molar-refractivity contribution in [2.75, 3.05) is 18.8 Å². The van der Waals surface area contributed by atoms with Gasteiger partial charge in [0.2, 0.25) is 0 Å². The van der Waals surface area contributed by atoms with Crippen molar-refractivity contribution in [2.24, 2.45) is 11.8 Å². The minimum absolute atomic E-state index is 0.00956. The maximum atomic E-state index is 12.6. The van der Waals surface area contributed by atoms with Crippen molar-refractivity contribution >= 4 is 34.8 Å². The summed E-state index contributed by atoms with van der Waals surface area (Å²) in [5.41, 5.74) is 6.66. The van der Waals surface area contributed by atoms with Gasteiger partial charge in [0.15, 0.2) is 0 Å². The summed E-state index contributed by atoms with van der Waals surface area (Å²) in [5.74, 6) is 1.35. The molecule has 1 fully saturated rings. The molecule has 0 aromatic heterocycles. The zero-order chi connectivity index (χ0) is 15.6. The van der Waals surface area contributed by atoms with Gasteiger partial charge in [0.1, 0.15) is 0 Å². The maximum absolute atomic E-state index is 12.6. The predicted molar refractivity (Wildman–Crippen MR) is 89.0 cm³/mol. The molecular formula is C16H22Cl2N2O. The number of carbonyl (C=O) groups is 1. The Morgan fingerprint density at radius 2 is 2.00 bits per heavy atom. The number of likely N-dealkylation sites (tertiary alicyclic amines) is 1. The fourth-order valence-electron chi connectivity index (χ4n) is 2.91. The van der Waals surface area contributed by atoms with E-state index in [9.17, 15) is 4.79 Å². The number of benzene rings is 1. The second-order valence-corrected chi connectivity index (χ2v) is 6.87. The summed E-state index contributed by atoms with van der Waals surface area (Å²) in [5, 5.41) is 0.638. The van der Waals surface area contributed by atoms with Gasteiger partial charge in [0.25, 0.3) is 5.91 Å². The van der Waals surface area contributed by atoms with Gasteiger partial charge in [-0.15, -0.1) is 0 Å². The van der Waals surface area contributed by atoms with Crippen LogP contribution in [-0.2, 0) is 0 Å². The number of rotatable bonds is 2. The van der Waals surface area contributed by atoms with Crippen LogP contribution in [0.15, 0.2) is 12.1 Å². The Kier molecular flexibility index (Phi) is 5.39. The summed E-state index contributed by atoms with van der Waals surface area (Å²) >= 11 is 12.0. The van der Waals surface area contributed by atoms with Gasteiger partial charge in [-0.1, -0.05) is 37.0 Å². The second-order valence-electron chi connectivity index (χ2n) is 6.09. The average molecular weight is 329 g/mol. The topological polar surface area (TPSA) is 46.3 Å². The second kappa shape index (κ2) is 6.89. The molecule has 21 heavy (non-hydrogen) atoms. The van der Waals surface area contributed by atoms with Crippen LogP contribution in [0, 0.1) is 11.8 Å². The maximum Gasteiger partial charge on any atom is 0.253 e. The quantitative estimate of drug-likeness (QED) is 0.814. The third kappa shape index (κ3) is 3.83. The molecular weight excluding hydrogens is 307 g/mol. The van der Waals surface area contributed by atoms with Gasteiger partial charge in [-0.3, -0.25) is 4.79 Å². The molecule has 1 saturated heterocycles. The van der Waals surface area contributed by atoms with Gasteiger partial charge in [-0.2, -0.15) is 0 Å². The molecule has 2 N–H and O–H groups in total. The first-order valence-corrected chi connectivity index (χ1v) is 8.19. The van der Waals surface area contributed by atoms with Gasteiger partial charge >= 0.3 is 0 Å². The summed E-state index contributed by atoms with van der Waals surface area (Å²) < 4.78 is 0. The smallest absolute Gasteiger partial charge is 0.253 e. The Labute approximate surface area is 136 Å². The van der Waals surface area contributed by atoms with E-state index < -0.39 is 0 Å². The molecule has 1 heterocycles. The van der Waals surface area contributed by atoms with Crippen molar-refractivity contribution in [3.8, 4) is 0 Å². The predicted octanol–water partition coefficient (Wildman–Crippen LogP) is 4.47. The van der Waals surface area contributed by atoms with Crippen LogP contribution in [0.25, 0.3) is 0 Å². The highest BCUT2D eigenvalue weighted by Crippen LogP contribution is 2.31. The molecule has 1 atom stereocenters. The summed E-state index contributed by atoms with van der Waals surface area (Å²) in [6.45, 7) is 6.09. The van der Waals surface area contributed by atoms with Gasteiger partial charge in [-0.25, -0.2) is 0 Å². The van der Waals surface area contributed by atoms with Crippen LogP contribution in [0.1, 0.15) is 43.5 Å². The summed E-state index contributed by atoms with van der Waals surface area (Å²) in [6.07, 6.45) is 3.29. The number of anilines is 1.